The van der Waals surface area contributed by atoms with Crippen LogP contribution in [0.25, 0.3) is 0 Å². The Morgan fingerprint density at radius 3 is 2.63 bits per heavy atom. The molecule has 1 N–H and O–H groups in total. The Hall–Kier alpha value is -3.36. The third-order valence-corrected chi connectivity index (χ3v) is 4.64. The maximum absolute atomic E-state index is 12.8. The molecule has 0 bridgehead atoms. The molecule has 0 saturated carbocycles. The summed E-state index contributed by atoms with van der Waals surface area (Å²) in [5.74, 6) is 0.455. The van der Waals surface area contributed by atoms with Crippen molar-refractivity contribution in [2.45, 2.75) is 33.2 Å². The highest BCUT2D eigenvalue weighted by molar-refractivity contribution is 5.98. The SMILES string of the molecule is CCCCn1nc(C(=O)N(CC)CC(=O)Nc2ccc3c(c2)OCCO3)ccc1=O. The first kappa shape index (κ1) is 21.4. The number of nitrogens with one attached hydrogen (secondary N) is 1. The lowest BCUT2D eigenvalue weighted by atomic mass is 10.2. The van der Waals surface area contributed by atoms with Gasteiger partial charge in [0.05, 0.1) is 0 Å². The molecule has 1 aromatic carbocycles. The molecule has 1 aliphatic rings. The topological polar surface area (TPSA) is 103 Å². The lowest BCUT2D eigenvalue weighted by Crippen LogP contribution is -2.39. The molecular formula is C21H26N4O5. The average Bonchev–Trinajstić information content (AvgIpc) is 2.76. The van der Waals surface area contributed by atoms with E-state index in [1.54, 1.807) is 25.1 Å². The normalized spacial score (nSPS) is 12.3. The van der Waals surface area contributed by atoms with Crippen LogP contribution < -0.4 is 20.3 Å². The number of anilines is 1. The summed E-state index contributed by atoms with van der Waals surface area (Å²) >= 11 is 0. The molecule has 0 radical (unpaired) electrons. The second kappa shape index (κ2) is 9.91. The number of carbonyl (C=O) groups excluding carboxylic acids is 2. The number of aryl methyl sites for hydroxylation is 1. The molecule has 2 heterocycles. The molecule has 3 rings (SSSR count). The van der Waals surface area contributed by atoms with E-state index in [1.165, 1.54) is 21.7 Å². The summed E-state index contributed by atoms with van der Waals surface area (Å²) in [6.45, 7) is 5.37. The summed E-state index contributed by atoms with van der Waals surface area (Å²) in [5.41, 5.74) is 0.443. The Balaban J connectivity index is 1.66. The van der Waals surface area contributed by atoms with Crippen LogP contribution >= 0.6 is 0 Å². The molecule has 1 aromatic heterocycles. The fourth-order valence-electron chi connectivity index (χ4n) is 3.02. The number of hydrogen-bond donors (Lipinski definition) is 1. The standard InChI is InChI=1S/C21H26N4O5/c1-3-5-10-25-20(27)9-7-16(23-25)21(28)24(4-2)14-19(26)22-15-6-8-17-18(13-15)30-12-11-29-17/h6-9,13H,3-5,10-12,14H2,1-2H3,(H,22,26). The Bertz CT molecular complexity index is 972. The Labute approximate surface area is 174 Å². The minimum Gasteiger partial charge on any atom is -0.486 e. The van der Waals surface area contributed by atoms with Gasteiger partial charge in [0, 0.05) is 30.9 Å². The summed E-state index contributed by atoms with van der Waals surface area (Å²) in [7, 11) is 0. The fourth-order valence-corrected chi connectivity index (χ4v) is 3.02. The molecule has 2 aromatic rings. The van der Waals surface area contributed by atoms with E-state index >= 15 is 0 Å². The lowest BCUT2D eigenvalue weighted by molar-refractivity contribution is -0.116. The predicted molar refractivity (Wildman–Crippen MR) is 111 cm³/mol. The molecule has 0 atom stereocenters. The summed E-state index contributed by atoms with van der Waals surface area (Å²) in [4.78, 5) is 38.6. The van der Waals surface area contributed by atoms with Gasteiger partial charge in [-0.25, -0.2) is 4.68 Å². The highest BCUT2D eigenvalue weighted by atomic mass is 16.6. The number of amides is 2. The molecule has 0 saturated heterocycles. The van der Waals surface area contributed by atoms with E-state index in [9.17, 15) is 14.4 Å². The summed E-state index contributed by atoms with van der Waals surface area (Å²) in [6.07, 6.45) is 1.70. The number of fused-ring (bicyclic) bond motifs is 1. The molecule has 30 heavy (non-hydrogen) atoms. The Morgan fingerprint density at radius 1 is 1.13 bits per heavy atom. The first-order valence-corrected chi connectivity index (χ1v) is 10.1. The number of hydrogen-bond acceptors (Lipinski definition) is 6. The van der Waals surface area contributed by atoms with Crippen LogP contribution in [0.15, 0.2) is 35.1 Å². The Morgan fingerprint density at radius 2 is 1.90 bits per heavy atom. The first-order chi connectivity index (χ1) is 14.5. The quantitative estimate of drug-likeness (QED) is 0.708. The zero-order chi connectivity index (χ0) is 21.5. The van der Waals surface area contributed by atoms with Crippen molar-refractivity contribution in [3.63, 3.8) is 0 Å². The molecule has 1 aliphatic heterocycles. The van der Waals surface area contributed by atoms with Crippen LogP contribution in [-0.2, 0) is 11.3 Å². The third-order valence-electron chi connectivity index (χ3n) is 4.64. The summed E-state index contributed by atoms with van der Waals surface area (Å²) < 4.78 is 12.3. The summed E-state index contributed by atoms with van der Waals surface area (Å²) in [6, 6.07) is 7.87. The van der Waals surface area contributed by atoms with Crippen LogP contribution in [0.2, 0.25) is 0 Å². The van der Waals surface area contributed by atoms with Crippen molar-refractivity contribution < 1.29 is 19.1 Å². The molecule has 160 valence electrons. The van der Waals surface area contributed by atoms with Gasteiger partial charge in [-0.2, -0.15) is 5.10 Å². The van der Waals surface area contributed by atoms with Crippen LogP contribution in [0.3, 0.4) is 0 Å². The maximum Gasteiger partial charge on any atom is 0.274 e. The van der Waals surface area contributed by atoms with E-state index < -0.39 is 5.91 Å². The van der Waals surface area contributed by atoms with Crippen molar-refractivity contribution >= 4 is 17.5 Å². The molecule has 0 spiro atoms. The lowest BCUT2D eigenvalue weighted by Gasteiger charge is -2.21. The van der Waals surface area contributed by atoms with E-state index in [0.717, 1.165) is 12.8 Å². The van der Waals surface area contributed by atoms with Crippen molar-refractivity contribution in [2.75, 3.05) is 31.6 Å². The van der Waals surface area contributed by atoms with Gasteiger partial charge >= 0.3 is 0 Å². The second-order valence-corrected chi connectivity index (χ2v) is 6.86. The highest BCUT2D eigenvalue weighted by Gasteiger charge is 2.20. The van der Waals surface area contributed by atoms with Gasteiger partial charge in [0.1, 0.15) is 25.5 Å². The van der Waals surface area contributed by atoms with Crippen molar-refractivity contribution in [2.24, 2.45) is 0 Å². The van der Waals surface area contributed by atoms with Crippen LogP contribution in [0.4, 0.5) is 5.69 Å². The fraction of sp³-hybridized carbons (Fsp3) is 0.429. The van der Waals surface area contributed by atoms with E-state index in [0.29, 0.717) is 43.5 Å². The van der Waals surface area contributed by atoms with Crippen molar-refractivity contribution in [1.82, 2.24) is 14.7 Å². The molecular weight excluding hydrogens is 388 g/mol. The number of aromatic nitrogens is 2. The van der Waals surface area contributed by atoms with Crippen LogP contribution in [0.1, 0.15) is 37.2 Å². The molecule has 0 aliphatic carbocycles. The number of unbranched alkanes of at least 4 members (excludes halogenated alkanes) is 1. The molecule has 2 amide bonds. The number of nitrogens with zero attached hydrogens (tertiary/aromatic N) is 3. The zero-order valence-electron chi connectivity index (χ0n) is 17.2. The monoisotopic (exact) mass is 414 g/mol. The highest BCUT2D eigenvalue weighted by Crippen LogP contribution is 2.32. The number of carbonyl (C=O) groups is 2. The third kappa shape index (κ3) is 5.16. The van der Waals surface area contributed by atoms with Crippen molar-refractivity contribution in [3.8, 4) is 11.5 Å². The van der Waals surface area contributed by atoms with E-state index in [2.05, 4.69) is 10.4 Å². The van der Waals surface area contributed by atoms with Gasteiger partial charge in [-0.3, -0.25) is 14.4 Å². The first-order valence-electron chi connectivity index (χ1n) is 10.1. The van der Waals surface area contributed by atoms with Gasteiger partial charge in [-0.1, -0.05) is 13.3 Å². The second-order valence-electron chi connectivity index (χ2n) is 6.86. The van der Waals surface area contributed by atoms with Crippen LogP contribution in [0.5, 0.6) is 11.5 Å². The van der Waals surface area contributed by atoms with E-state index in [-0.39, 0.29) is 23.7 Å². The number of ether oxygens (including phenoxy) is 2. The maximum atomic E-state index is 12.8. The Kier molecular flexibility index (Phi) is 7.05. The van der Waals surface area contributed by atoms with Crippen LogP contribution in [-0.4, -0.2) is 52.8 Å². The van der Waals surface area contributed by atoms with Gasteiger partial charge in [0.2, 0.25) is 5.91 Å². The van der Waals surface area contributed by atoms with Crippen molar-refractivity contribution in [1.29, 1.82) is 0 Å². The zero-order valence-corrected chi connectivity index (χ0v) is 17.2. The van der Waals surface area contributed by atoms with Crippen LogP contribution in [0, 0.1) is 0 Å². The van der Waals surface area contributed by atoms with Crippen molar-refractivity contribution in [3.05, 3.63) is 46.4 Å². The minimum absolute atomic E-state index is 0.139. The smallest absolute Gasteiger partial charge is 0.274 e. The summed E-state index contributed by atoms with van der Waals surface area (Å²) in [5, 5.41) is 6.94. The number of benzene rings is 1. The number of rotatable bonds is 8. The van der Waals surface area contributed by atoms with Gasteiger partial charge in [-0.15, -0.1) is 0 Å². The van der Waals surface area contributed by atoms with Gasteiger partial charge in [0.25, 0.3) is 11.5 Å². The van der Waals surface area contributed by atoms with E-state index in [4.69, 9.17) is 9.47 Å². The minimum atomic E-state index is -0.403. The predicted octanol–water partition coefficient (Wildman–Crippen LogP) is 1.92. The molecule has 9 heteroatoms. The van der Waals surface area contributed by atoms with Gasteiger partial charge in [-0.05, 0) is 31.5 Å². The molecule has 0 fully saturated rings. The molecule has 0 unspecified atom stereocenters. The number of likely N-dealkylation sites (N-methyl/N-ethyl adjacent to an activating group) is 1. The largest absolute Gasteiger partial charge is 0.486 e. The molecule has 9 nitrogen and oxygen atoms in total. The average molecular weight is 414 g/mol. The van der Waals surface area contributed by atoms with Gasteiger partial charge < -0.3 is 19.7 Å². The van der Waals surface area contributed by atoms with E-state index in [1.807, 2.05) is 6.92 Å². The van der Waals surface area contributed by atoms with Gasteiger partial charge in [0.15, 0.2) is 11.5 Å².